The summed E-state index contributed by atoms with van der Waals surface area (Å²) in [6, 6.07) is 19.1. The molecule has 2 aliphatic rings. The fourth-order valence-electron chi connectivity index (χ4n) is 4.04. The minimum Gasteiger partial charge on any atom is -0.368 e. The van der Waals surface area contributed by atoms with E-state index in [1.807, 2.05) is 6.07 Å². The second-order valence-corrected chi connectivity index (χ2v) is 7.73. The molecule has 2 heterocycles. The van der Waals surface area contributed by atoms with Gasteiger partial charge in [0.25, 0.3) is 0 Å². The number of carbonyl (C=O) groups excluding carboxylic acids is 2. The predicted molar refractivity (Wildman–Crippen MR) is 119 cm³/mol. The molecular formula is C25H27N3O2. The number of rotatable bonds is 4. The van der Waals surface area contributed by atoms with E-state index in [2.05, 4.69) is 70.2 Å². The van der Waals surface area contributed by atoms with Crippen LogP contribution in [0.4, 0.5) is 5.69 Å². The minimum atomic E-state index is -0.0914. The number of hydrogen-bond donors (Lipinski definition) is 0. The molecule has 0 aromatic heterocycles. The highest BCUT2D eigenvalue weighted by Gasteiger charge is 2.24. The maximum Gasteiger partial charge on any atom is 0.230 e. The monoisotopic (exact) mass is 401 g/mol. The van der Waals surface area contributed by atoms with Crippen LogP contribution in [0.2, 0.25) is 0 Å². The molecule has 5 heteroatoms. The van der Waals surface area contributed by atoms with Crippen LogP contribution in [0.15, 0.2) is 54.6 Å². The SMILES string of the molecule is O=C1CCCC(=O)N1CC#CCN1CCN(c2ccccc2-c2ccccc2)CC1. The van der Waals surface area contributed by atoms with Gasteiger partial charge >= 0.3 is 0 Å². The number of para-hydroxylation sites is 1. The summed E-state index contributed by atoms with van der Waals surface area (Å²) in [5.41, 5.74) is 3.78. The average molecular weight is 402 g/mol. The van der Waals surface area contributed by atoms with Gasteiger partial charge < -0.3 is 4.90 Å². The molecule has 0 saturated carbocycles. The zero-order valence-electron chi connectivity index (χ0n) is 17.2. The van der Waals surface area contributed by atoms with Crippen molar-refractivity contribution in [2.45, 2.75) is 19.3 Å². The molecule has 2 fully saturated rings. The van der Waals surface area contributed by atoms with Crippen LogP contribution in [0.5, 0.6) is 0 Å². The van der Waals surface area contributed by atoms with Gasteiger partial charge in [-0.3, -0.25) is 19.4 Å². The number of nitrogens with zero attached hydrogens (tertiary/aromatic N) is 3. The lowest BCUT2D eigenvalue weighted by molar-refractivity contribution is -0.147. The van der Waals surface area contributed by atoms with Crippen molar-refractivity contribution in [2.75, 3.05) is 44.2 Å². The summed E-state index contributed by atoms with van der Waals surface area (Å²) in [5.74, 6) is 5.98. The summed E-state index contributed by atoms with van der Waals surface area (Å²) in [4.78, 5) is 29.7. The summed E-state index contributed by atoms with van der Waals surface area (Å²) in [5, 5.41) is 0. The molecule has 0 spiro atoms. The van der Waals surface area contributed by atoms with Crippen molar-refractivity contribution in [2.24, 2.45) is 0 Å². The third-order valence-electron chi connectivity index (χ3n) is 5.75. The van der Waals surface area contributed by atoms with Gasteiger partial charge in [-0.25, -0.2) is 0 Å². The first-order chi connectivity index (χ1) is 14.7. The number of carbonyl (C=O) groups is 2. The van der Waals surface area contributed by atoms with Crippen molar-refractivity contribution >= 4 is 17.5 Å². The van der Waals surface area contributed by atoms with E-state index in [1.165, 1.54) is 21.7 Å². The number of hydrogen-bond acceptors (Lipinski definition) is 4. The molecule has 5 nitrogen and oxygen atoms in total. The number of amides is 2. The van der Waals surface area contributed by atoms with Gasteiger partial charge in [-0.15, -0.1) is 0 Å². The van der Waals surface area contributed by atoms with E-state index >= 15 is 0 Å². The van der Waals surface area contributed by atoms with Crippen LogP contribution in [-0.4, -0.2) is 60.9 Å². The largest absolute Gasteiger partial charge is 0.368 e. The van der Waals surface area contributed by atoms with Crippen LogP contribution < -0.4 is 4.90 Å². The smallest absolute Gasteiger partial charge is 0.230 e. The molecule has 2 aromatic rings. The van der Waals surface area contributed by atoms with Crippen molar-refractivity contribution in [3.63, 3.8) is 0 Å². The van der Waals surface area contributed by atoms with Crippen LogP contribution in [0.1, 0.15) is 19.3 Å². The van der Waals surface area contributed by atoms with Crippen molar-refractivity contribution in [3.05, 3.63) is 54.6 Å². The van der Waals surface area contributed by atoms with E-state index in [0.717, 1.165) is 26.2 Å². The first-order valence-electron chi connectivity index (χ1n) is 10.6. The Balaban J connectivity index is 1.31. The molecule has 2 saturated heterocycles. The third-order valence-corrected chi connectivity index (χ3v) is 5.75. The van der Waals surface area contributed by atoms with Gasteiger partial charge in [-0.1, -0.05) is 60.4 Å². The number of piperazine rings is 1. The van der Waals surface area contributed by atoms with E-state index in [4.69, 9.17) is 0 Å². The Labute approximate surface area is 178 Å². The van der Waals surface area contributed by atoms with E-state index in [1.54, 1.807) is 0 Å². The highest BCUT2D eigenvalue weighted by Crippen LogP contribution is 2.31. The molecular weight excluding hydrogens is 374 g/mol. The molecule has 0 aliphatic carbocycles. The summed E-state index contributed by atoms with van der Waals surface area (Å²) in [7, 11) is 0. The standard InChI is InChI=1S/C25H27N3O2/c29-24-13-8-14-25(30)28(24)16-7-6-15-26-17-19-27(20-18-26)23-12-5-4-11-22(23)21-9-2-1-3-10-21/h1-5,9-12H,8,13-20H2. The minimum absolute atomic E-state index is 0.0914. The molecule has 2 aromatic carbocycles. The Kier molecular flexibility index (Phi) is 6.46. The molecule has 0 bridgehead atoms. The van der Waals surface area contributed by atoms with Crippen LogP contribution >= 0.6 is 0 Å². The maximum absolute atomic E-state index is 11.8. The third kappa shape index (κ3) is 4.72. The average Bonchev–Trinajstić information content (AvgIpc) is 2.79. The molecule has 30 heavy (non-hydrogen) atoms. The summed E-state index contributed by atoms with van der Waals surface area (Å²) >= 11 is 0. The molecule has 0 atom stereocenters. The Morgan fingerprint density at radius 1 is 0.733 bits per heavy atom. The highest BCUT2D eigenvalue weighted by molar-refractivity contribution is 5.97. The van der Waals surface area contributed by atoms with Crippen molar-refractivity contribution in [1.82, 2.24) is 9.80 Å². The number of imide groups is 1. The van der Waals surface area contributed by atoms with Crippen molar-refractivity contribution < 1.29 is 9.59 Å². The Morgan fingerprint density at radius 2 is 1.37 bits per heavy atom. The van der Waals surface area contributed by atoms with Crippen LogP contribution in [-0.2, 0) is 9.59 Å². The zero-order valence-corrected chi connectivity index (χ0v) is 17.2. The molecule has 0 N–H and O–H groups in total. The van der Waals surface area contributed by atoms with Gasteiger partial charge in [0.15, 0.2) is 0 Å². The number of piperidine rings is 1. The Bertz CT molecular complexity index is 937. The fourth-order valence-corrected chi connectivity index (χ4v) is 4.04. The quantitative estimate of drug-likeness (QED) is 0.584. The van der Waals surface area contributed by atoms with Crippen molar-refractivity contribution in [3.8, 4) is 23.0 Å². The van der Waals surface area contributed by atoms with Gasteiger partial charge in [0.2, 0.25) is 11.8 Å². The van der Waals surface area contributed by atoms with Crippen molar-refractivity contribution in [1.29, 1.82) is 0 Å². The lowest BCUT2D eigenvalue weighted by Gasteiger charge is -2.36. The summed E-state index contributed by atoms with van der Waals surface area (Å²) < 4.78 is 0. The van der Waals surface area contributed by atoms with Gasteiger partial charge in [-0.2, -0.15) is 0 Å². The molecule has 0 radical (unpaired) electrons. The number of benzene rings is 2. The molecule has 4 rings (SSSR count). The fraction of sp³-hybridized carbons (Fsp3) is 0.360. The van der Waals surface area contributed by atoms with Crippen LogP contribution in [0, 0.1) is 11.8 Å². The first kappa shape index (κ1) is 20.2. The normalized spacial score (nSPS) is 17.6. The first-order valence-corrected chi connectivity index (χ1v) is 10.6. The van der Waals surface area contributed by atoms with Gasteiger partial charge in [-0.05, 0) is 18.1 Å². The molecule has 154 valence electrons. The van der Waals surface area contributed by atoms with E-state index in [9.17, 15) is 9.59 Å². The summed E-state index contributed by atoms with van der Waals surface area (Å²) in [6.07, 6.45) is 1.58. The lowest BCUT2D eigenvalue weighted by atomic mass is 10.0. The Hall–Kier alpha value is -3.10. The second kappa shape index (κ2) is 9.60. The topological polar surface area (TPSA) is 43.9 Å². The van der Waals surface area contributed by atoms with Crippen LogP contribution in [0.25, 0.3) is 11.1 Å². The number of anilines is 1. The zero-order chi connectivity index (χ0) is 20.8. The molecule has 0 unspecified atom stereocenters. The summed E-state index contributed by atoms with van der Waals surface area (Å²) in [6.45, 7) is 4.69. The van der Waals surface area contributed by atoms with E-state index < -0.39 is 0 Å². The highest BCUT2D eigenvalue weighted by atomic mass is 16.2. The van der Waals surface area contributed by atoms with E-state index in [-0.39, 0.29) is 18.4 Å². The second-order valence-electron chi connectivity index (χ2n) is 7.73. The maximum atomic E-state index is 11.8. The van der Waals surface area contributed by atoms with Gasteiger partial charge in [0, 0.05) is 50.3 Å². The van der Waals surface area contributed by atoms with Gasteiger partial charge in [0.05, 0.1) is 13.1 Å². The molecule has 2 aliphatic heterocycles. The predicted octanol–water partition coefficient (Wildman–Crippen LogP) is 3.02. The molecule has 2 amide bonds. The Morgan fingerprint density at radius 3 is 2.10 bits per heavy atom. The van der Waals surface area contributed by atoms with Crippen LogP contribution in [0.3, 0.4) is 0 Å². The lowest BCUT2D eigenvalue weighted by Crippen LogP contribution is -2.46. The van der Waals surface area contributed by atoms with Gasteiger partial charge in [0.1, 0.15) is 0 Å². The van der Waals surface area contributed by atoms with E-state index in [0.29, 0.717) is 25.8 Å². The number of likely N-dealkylation sites (tertiary alicyclic amines) is 1.